The molecule has 0 aromatic heterocycles. The number of carboxylic acid groups (broad SMARTS) is 1. The molecule has 0 fully saturated rings. The van der Waals surface area contributed by atoms with Gasteiger partial charge in [-0.25, -0.2) is 0 Å². The van der Waals surface area contributed by atoms with Crippen LogP contribution >= 0.6 is 0 Å². The lowest BCUT2D eigenvalue weighted by Gasteiger charge is -2.05. The average molecular weight is 174 g/mol. The molecule has 0 radical (unpaired) electrons. The molecule has 0 spiro atoms. The topological polar surface area (TPSA) is 54.4 Å². The van der Waals surface area contributed by atoms with Crippen molar-refractivity contribution < 1.29 is 14.7 Å². The summed E-state index contributed by atoms with van der Waals surface area (Å²) < 4.78 is 0. The summed E-state index contributed by atoms with van der Waals surface area (Å²) in [6, 6.07) is 0. The van der Waals surface area contributed by atoms with E-state index in [-0.39, 0.29) is 11.8 Å². The monoisotopic (exact) mass is 174 g/mol. The molecule has 1 N–H and O–H groups in total. The molecule has 0 heterocycles. The first-order chi connectivity index (χ1) is 5.29. The van der Waals surface area contributed by atoms with Crippen LogP contribution in [0.3, 0.4) is 0 Å². The second-order valence-electron chi connectivity index (χ2n) is 3.23. The van der Waals surface area contributed by atoms with Gasteiger partial charge in [-0.05, 0) is 0 Å². The van der Waals surface area contributed by atoms with Gasteiger partial charge in [-0.1, -0.05) is 27.7 Å². The van der Waals surface area contributed by atoms with Gasteiger partial charge in [-0.15, -0.1) is 0 Å². The zero-order valence-corrected chi connectivity index (χ0v) is 8.42. The predicted molar refractivity (Wildman–Crippen MR) is 48.0 cm³/mol. The number of carbonyl (C=O) groups is 2. The summed E-state index contributed by atoms with van der Waals surface area (Å²) in [5.41, 5.74) is 0. The maximum atomic E-state index is 10.8. The van der Waals surface area contributed by atoms with Crippen LogP contribution in [0.5, 0.6) is 0 Å². The molecule has 0 unspecified atom stereocenters. The Balaban J connectivity index is 0. The fourth-order valence-electron chi connectivity index (χ4n) is 0.667. The summed E-state index contributed by atoms with van der Waals surface area (Å²) in [6.07, 6.45) is 0. The Labute approximate surface area is 73.8 Å². The van der Waals surface area contributed by atoms with Gasteiger partial charge < -0.3 is 5.11 Å². The first-order valence-corrected chi connectivity index (χ1v) is 4.02. The van der Waals surface area contributed by atoms with E-state index in [4.69, 9.17) is 9.90 Å². The third-order valence-electron chi connectivity index (χ3n) is 1.14. The highest BCUT2D eigenvalue weighted by atomic mass is 16.4. The maximum absolute atomic E-state index is 10.8. The summed E-state index contributed by atoms with van der Waals surface area (Å²) in [4.78, 5) is 19.8. The SMILES string of the molecule is CC(=O)O.CC(C)C(=O)C(C)C. The molecule has 3 heteroatoms. The second kappa shape index (κ2) is 6.83. The normalized spacial score (nSPS) is 9.25. The van der Waals surface area contributed by atoms with Crippen LogP contribution in [0.1, 0.15) is 34.6 Å². The van der Waals surface area contributed by atoms with E-state index in [9.17, 15) is 4.79 Å². The Morgan fingerprint density at radius 3 is 1.17 bits per heavy atom. The number of hydrogen-bond donors (Lipinski definition) is 1. The van der Waals surface area contributed by atoms with E-state index in [1.165, 1.54) is 0 Å². The van der Waals surface area contributed by atoms with Crippen molar-refractivity contribution in [3.05, 3.63) is 0 Å². The van der Waals surface area contributed by atoms with E-state index in [0.717, 1.165) is 6.92 Å². The minimum absolute atomic E-state index is 0.204. The van der Waals surface area contributed by atoms with Gasteiger partial charge in [-0.3, -0.25) is 9.59 Å². The Morgan fingerprint density at radius 2 is 1.17 bits per heavy atom. The Morgan fingerprint density at radius 1 is 1.00 bits per heavy atom. The van der Waals surface area contributed by atoms with E-state index in [1.54, 1.807) is 0 Å². The molecule has 0 atom stereocenters. The van der Waals surface area contributed by atoms with E-state index in [2.05, 4.69) is 0 Å². The van der Waals surface area contributed by atoms with Gasteiger partial charge in [0.05, 0.1) is 0 Å². The third kappa shape index (κ3) is 11.9. The molecule has 0 aliphatic heterocycles. The van der Waals surface area contributed by atoms with Gasteiger partial charge >= 0.3 is 0 Å². The molecule has 0 rings (SSSR count). The molecular formula is C9H18O3. The molecule has 0 aliphatic rings. The molecule has 0 saturated heterocycles. The number of aliphatic carboxylic acids is 1. The lowest BCUT2D eigenvalue weighted by atomic mass is 9.99. The molecule has 72 valence electrons. The summed E-state index contributed by atoms with van der Waals surface area (Å²) >= 11 is 0. The largest absolute Gasteiger partial charge is 0.481 e. The Kier molecular flexibility index (Phi) is 7.80. The lowest BCUT2D eigenvalue weighted by Crippen LogP contribution is -2.13. The van der Waals surface area contributed by atoms with Crippen molar-refractivity contribution in [2.75, 3.05) is 0 Å². The summed E-state index contributed by atoms with van der Waals surface area (Å²) in [7, 11) is 0. The second-order valence-corrected chi connectivity index (χ2v) is 3.23. The van der Waals surface area contributed by atoms with E-state index >= 15 is 0 Å². The van der Waals surface area contributed by atoms with Gasteiger partial charge in [0.1, 0.15) is 5.78 Å². The molecule has 0 aliphatic carbocycles. The quantitative estimate of drug-likeness (QED) is 0.696. The van der Waals surface area contributed by atoms with Crippen LogP contribution in [0.4, 0.5) is 0 Å². The van der Waals surface area contributed by atoms with Crippen molar-refractivity contribution >= 4 is 11.8 Å². The van der Waals surface area contributed by atoms with Crippen molar-refractivity contribution in [2.24, 2.45) is 11.8 Å². The first-order valence-electron chi connectivity index (χ1n) is 4.02. The van der Waals surface area contributed by atoms with Crippen molar-refractivity contribution in [3.63, 3.8) is 0 Å². The predicted octanol–water partition coefficient (Wildman–Crippen LogP) is 1.96. The van der Waals surface area contributed by atoms with Gasteiger partial charge in [0.15, 0.2) is 0 Å². The van der Waals surface area contributed by atoms with E-state index < -0.39 is 5.97 Å². The minimum atomic E-state index is -0.833. The zero-order chi connectivity index (χ0) is 10.3. The highest BCUT2D eigenvalue weighted by Crippen LogP contribution is 2.03. The van der Waals surface area contributed by atoms with Crippen LogP contribution in [-0.4, -0.2) is 16.9 Å². The van der Waals surface area contributed by atoms with Crippen LogP contribution in [0.2, 0.25) is 0 Å². The third-order valence-corrected chi connectivity index (χ3v) is 1.14. The van der Waals surface area contributed by atoms with Crippen LogP contribution < -0.4 is 0 Å². The number of carbonyl (C=O) groups excluding carboxylic acids is 1. The fourth-order valence-corrected chi connectivity index (χ4v) is 0.667. The average Bonchev–Trinajstić information content (AvgIpc) is 1.84. The Hall–Kier alpha value is -0.860. The molecule has 0 amide bonds. The number of Topliss-reactive ketones (excluding diaryl/α,β-unsaturated/α-hetero) is 1. The minimum Gasteiger partial charge on any atom is -0.481 e. The number of carboxylic acids is 1. The summed E-state index contributed by atoms with van der Waals surface area (Å²) in [6.45, 7) is 8.81. The highest BCUT2D eigenvalue weighted by Gasteiger charge is 2.09. The van der Waals surface area contributed by atoms with Gasteiger partial charge in [0.25, 0.3) is 5.97 Å². The number of rotatable bonds is 2. The first kappa shape index (κ1) is 13.7. The smallest absolute Gasteiger partial charge is 0.300 e. The summed E-state index contributed by atoms with van der Waals surface area (Å²) in [5.74, 6) is -0.0741. The van der Waals surface area contributed by atoms with Crippen LogP contribution in [0.15, 0.2) is 0 Å². The van der Waals surface area contributed by atoms with Gasteiger partial charge in [-0.2, -0.15) is 0 Å². The number of ketones is 1. The van der Waals surface area contributed by atoms with Gasteiger partial charge in [0, 0.05) is 18.8 Å². The lowest BCUT2D eigenvalue weighted by molar-refractivity contribution is -0.134. The van der Waals surface area contributed by atoms with Crippen molar-refractivity contribution in [3.8, 4) is 0 Å². The molecule has 0 bridgehead atoms. The molecule has 3 nitrogen and oxygen atoms in total. The highest BCUT2D eigenvalue weighted by molar-refractivity contribution is 5.81. The van der Waals surface area contributed by atoms with Gasteiger partial charge in [0.2, 0.25) is 0 Å². The molecule has 0 aromatic carbocycles. The van der Waals surface area contributed by atoms with Crippen molar-refractivity contribution in [1.82, 2.24) is 0 Å². The van der Waals surface area contributed by atoms with E-state index in [0.29, 0.717) is 5.78 Å². The molecule has 12 heavy (non-hydrogen) atoms. The van der Waals surface area contributed by atoms with Crippen molar-refractivity contribution in [2.45, 2.75) is 34.6 Å². The van der Waals surface area contributed by atoms with Crippen LogP contribution in [0, 0.1) is 11.8 Å². The molecule has 0 saturated carbocycles. The Bertz CT molecular complexity index is 134. The maximum Gasteiger partial charge on any atom is 0.300 e. The van der Waals surface area contributed by atoms with Crippen LogP contribution in [-0.2, 0) is 9.59 Å². The summed E-state index contributed by atoms with van der Waals surface area (Å²) in [5, 5.41) is 7.42. The standard InChI is InChI=1S/C7H14O.C2H4O2/c1-5(2)7(8)6(3)4;1-2(3)4/h5-6H,1-4H3;1H3,(H,3,4). The molecular weight excluding hydrogens is 156 g/mol. The van der Waals surface area contributed by atoms with Crippen LogP contribution in [0.25, 0.3) is 0 Å². The van der Waals surface area contributed by atoms with E-state index in [1.807, 2.05) is 27.7 Å². The fraction of sp³-hybridized carbons (Fsp3) is 0.778. The van der Waals surface area contributed by atoms with Crippen molar-refractivity contribution in [1.29, 1.82) is 0 Å². The number of hydrogen-bond acceptors (Lipinski definition) is 2. The molecule has 0 aromatic rings. The zero-order valence-electron chi connectivity index (χ0n) is 8.42.